The van der Waals surface area contributed by atoms with Gasteiger partial charge in [0.1, 0.15) is 13.2 Å². The molecule has 0 fully saturated rings. The van der Waals surface area contributed by atoms with E-state index in [0.29, 0.717) is 25.7 Å². The van der Waals surface area contributed by atoms with Crippen molar-refractivity contribution in [3.63, 3.8) is 0 Å². The minimum absolute atomic E-state index is 0.0657. The maximum absolute atomic E-state index is 11.1. The van der Waals surface area contributed by atoms with Gasteiger partial charge in [0.2, 0.25) is 0 Å². The quantitative estimate of drug-likeness (QED) is 0.416. The molecule has 0 rings (SSSR count). The molecule has 0 saturated carbocycles. The third-order valence-electron chi connectivity index (χ3n) is 1.96. The van der Waals surface area contributed by atoms with E-state index in [2.05, 4.69) is 0 Å². The molecule has 0 aliphatic carbocycles. The number of carboxylic acids is 2. The molecule has 0 unspecified atom stereocenters. The second kappa shape index (κ2) is 11.1. The molecule has 0 spiro atoms. The molecule has 0 aromatic rings. The predicted molar refractivity (Wildman–Crippen MR) is 62.5 cm³/mol. The van der Waals surface area contributed by atoms with Crippen molar-refractivity contribution < 1.29 is 33.4 Å². The molecule has 104 valence electrons. The Morgan fingerprint density at radius 1 is 0.833 bits per heavy atom. The van der Waals surface area contributed by atoms with E-state index >= 15 is 0 Å². The lowest BCUT2D eigenvalue weighted by molar-refractivity contribution is -0.138. The van der Waals surface area contributed by atoms with Crippen LogP contribution in [0.25, 0.3) is 0 Å². The lowest BCUT2D eigenvalue weighted by Gasteiger charge is -1.94. The van der Waals surface area contributed by atoms with E-state index < -0.39 is 20.2 Å². The van der Waals surface area contributed by atoms with Crippen molar-refractivity contribution in [2.24, 2.45) is 0 Å². The number of carbonyl (C=O) groups is 2. The van der Waals surface area contributed by atoms with Crippen LogP contribution in [0.3, 0.4) is 0 Å². The number of carboxylic acid groups (broad SMARTS) is 2. The fourth-order valence-electron chi connectivity index (χ4n) is 1.07. The van der Waals surface area contributed by atoms with Crippen molar-refractivity contribution in [3.05, 3.63) is 0 Å². The van der Waals surface area contributed by atoms with Gasteiger partial charge in [0.25, 0.3) is 0 Å². The predicted octanol–water partition coefficient (Wildman–Crippen LogP) is 2.19. The summed E-state index contributed by atoms with van der Waals surface area (Å²) in [6.45, 7) is 0.384. The zero-order valence-corrected chi connectivity index (χ0v) is 10.9. The largest absolute Gasteiger partial charge is 0.697 e. The Labute approximate surface area is 106 Å². The van der Waals surface area contributed by atoms with Crippen LogP contribution in [0, 0.1) is 0 Å². The molecule has 7 nitrogen and oxygen atoms in total. The van der Waals surface area contributed by atoms with Crippen LogP contribution in [0.1, 0.15) is 38.5 Å². The summed E-state index contributed by atoms with van der Waals surface area (Å²) in [5, 5.41) is 16.7. The van der Waals surface area contributed by atoms with E-state index in [1.165, 1.54) is 0 Å². The van der Waals surface area contributed by atoms with Crippen molar-refractivity contribution in [2.45, 2.75) is 38.5 Å². The van der Waals surface area contributed by atoms with Gasteiger partial charge in [0.05, 0.1) is 0 Å². The van der Waals surface area contributed by atoms with Crippen molar-refractivity contribution in [1.82, 2.24) is 0 Å². The smallest absolute Gasteiger partial charge is 0.481 e. The number of hydrogen-bond donors (Lipinski definition) is 2. The van der Waals surface area contributed by atoms with Crippen LogP contribution < -0.4 is 0 Å². The fourth-order valence-corrected chi connectivity index (χ4v) is 1.70. The lowest BCUT2D eigenvalue weighted by Crippen LogP contribution is -1.97. The van der Waals surface area contributed by atoms with E-state index in [1.54, 1.807) is 0 Å². The summed E-state index contributed by atoms with van der Waals surface area (Å²) in [5.74, 6) is -1.73. The Kier molecular flexibility index (Phi) is 10.4. The third kappa shape index (κ3) is 13.0. The van der Waals surface area contributed by atoms with Gasteiger partial charge in [-0.2, -0.15) is 0 Å². The van der Waals surface area contributed by atoms with Gasteiger partial charge in [-0.1, -0.05) is 0 Å². The molecular weight excluding hydrogens is 263 g/mol. The van der Waals surface area contributed by atoms with Gasteiger partial charge in [-0.25, -0.2) is 0 Å². The standard InChI is InChI=1S/C10H17O7P/c11-9(12)5-1-3-7-16-18(15)17-8-4-2-6-10(13)14/h1-8H2,(H-,11,12,13,14)/p+1. The summed E-state index contributed by atoms with van der Waals surface area (Å²) in [7, 11) is -2.19. The van der Waals surface area contributed by atoms with E-state index in [4.69, 9.17) is 19.3 Å². The maximum atomic E-state index is 11.1. The first kappa shape index (κ1) is 17.0. The van der Waals surface area contributed by atoms with Gasteiger partial charge in [-0.15, -0.1) is 9.05 Å². The molecule has 8 heteroatoms. The minimum atomic E-state index is -2.19. The fraction of sp³-hybridized carbons (Fsp3) is 0.800. The highest BCUT2D eigenvalue weighted by atomic mass is 31.1. The molecule has 0 aliphatic rings. The Morgan fingerprint density at radius 3 is 1.56 bits per heavy atom. The minimum Gasteiger partial charge on any atom is -0.481 e. The van der Waals surface area contributed by atoms with E-state index in [-0.39, 0.29) is 26.1 Å². The summed E-state index contributed by atoms with van der Waals surface area (Å²) in [5.41, 5.74) is 0. The number of unbranched alkanes of at least 4 members (excludes halogenated alkanes) is 2. The van der Waals surface area contributed by atoms with Crippen molar-refractivity contribution >= 4 is 20.2 Å². The topological polar surface area (TPSA) is 110 Å². The highest BCUT2D eigenvalue weighted by Gasteiger charge is 2.19. The second-order valence-electron chi connectivity index (χ2n) is 3.59. The molecule has 0 amide bonds. The van der Waals surface area contributed by atoms with Crippen LogP contribution in [0.4, 0.5) is 0 Å². The molecule has 0 bridgehead atoms. The molecular formula is C10H18O7P+. The molecule has 0 radical (unpaired) electrons. The van der Waals surface area contributed by atoms with Gasteiger partial charge in [-0.3, -0.25) is 9.59 Å². The molecule has 0 saturated heterocycles. The van der Waals surface area contributed by atoms with Crippen molar-refractivity contribution in [1.29, 1.82) is 0 Å². The molecule has 2 N–H and O–H groups in total. The zero-order valence-electron chi connectivity index (χ0n) is 10.0. The van der Waals surface area contributed by atoms with Gasteiger partial charge >= 0.3 is 20.2 Å². The molecule has 0 heterocycles. The van der Waals surface area contributed by atoms with Crippen molar-refractivity contribution in [2.75, 3.05) is 13.2 Å². The van der Waals surface area contributed by atoms with Gasteiger partial charge in [-0.05, 0) is 25.7 Å². The molecule has 0 aliphatic heterocycles. The first-order valence-corrected chi connectivity index (χ1v) is 6.78. The van der Waals surface area contributed by atoms with E-state index in [0.717, 1.165) is 0 Å². The Bertz CT molecular complexity index is 253. The van der Waals surface area contributed by atoms with Crippen LogP contribution in [-0.4, -0.2) is 35.4 Å². The molecule has 0 aromatic heterocycles. The van der Waals surface area contributed by atoms with Crippen LogP contribution in [0.2, 0.25) is 0 Å². The van der Waals surface area contributed by atoms with Crippen LogP contribution in [0.5, 0.6) is 0 Å². The summed E-state index contributed by atoms with van der Waals surface area (Å²) >= 11 is 0. The first-order chi connectivity index (χ1) is 8.52. The Balaban J connectivity index is 3.27. The second-order valence-corrected chi connectivity index (χ2v) is 4.56. The molecule has 18 heavy (non-hydrogen) atoms. The zero-order chi connectivity index (χ0) is 13.8. The van der Waals surface area contributed by atoms with E-state index in [1.807, 2.05) is 0 Å². The number of hydrogen-bond acceptors (Lipinski definition) is 5. The average Bonchev–Trinajstić information content (AvgIpc) is 2.27. The van der Waals surface area contributed by atoms with Gasteiger partial charge in [0.15, 0.2) is 0 Å². The third-order valence-corrected chi connectivity index (χ3v) is 2.75. The summed E-state index contributed by atoms with van der Waals surface area (Å²) in [6, 6.07) is 0. The summed E-state index contributed by atoms with van der Waals surface area (Å²) in [6.07, 6.45) is 2.09. The highest BCUT2D eigenvalue weighted by Crippen LogP contribution is 2.24. The first-order valence-electron chi connectivity index (χ1n) is 5.69. The maximum Gasteiger partial charge on any atom is 0.697 e. The highest BCUT2D eigenvalue weighted by molar-refractivity contribution is 7.33. The number of aliphatic carboxylic acids is 2. The summed E-state index contributed by atoms with van der Waals surface area (Å²) in [4.78, 5) is 20.4. The monoisotopic (exact) mass is 281 g/mol. The Morgan fingerprint density at radius 2 is 1.22 bits per heavy atom. The van der Waals surface area contributed by atoms with Gasteiger partial charge < -0.3 is 10.2 Å². The van der Waals surface area contributed by atoms with Gasteiger partial charge in [0, 0.05) is 17.4 Å². The molecule has 0 aromatic carbocycles. The number of rotatable bonds is 12. The average molecular weight is 281 g/mol. The van der Waals surface area contributed by atoms with Crippen molar-refractivity contribution in [3.8, 4) is 0 Å². The van der Waals surface area contributed by atoms with Crippen LogP contribution >= 0.6 is 8.25 Å². The lowest BCUT2D eigenvalue weighted by atomic mass is 10.2. The summed E-state index contributed by atoms with van der Waals surface area (Å²) < 4.78 is 20.8. The SMILES string of the molecule is O=C(O)CCCCO[P+](=O)OCCCCC(=O)O. The van der Waals surface area contributed by atoms with Crippen LogP contribution in [0.15, 0.2) is 0 Å². The Hall–Kier alpha value is -1.04. The van der Waals surface area contributed by atoms with Crippen LogP contribution in [-0.2, 0) is 23.2 Å². The molecule has 0 atom stereocenters. The normalized spacial score (nSPS) is 10.2. The van der Waals surface area contributed by atoms with E-state index in [9.17, 15) is 14.2 Å².